The quantitative estimate of drug-likeness (QED) is 0.422. The predicted octanol–water partition coefficient (Wildman–Crippen LogP) is 4.41. The van der Waals surface area contributed by atoms with Crippen LogP contribution >= 0.6 is 0 Å². The third-order valence-electron chi connectivity index (χ3n) is 5.29. The van der Waals surface area contributed by atoms with Gasteiger partial charge in [-0.3, -0.25) is 19.3 Å². The second-order valence-electron chi connectivity index (χ2n) is 8.07. The molecule has 4 rings (SSSR count). The van der Waals surface area contributed by atoms with E-state index in [1.165, 1.54) is 25.3 Å². The van der Waals surface area contributed by atoms with Crippen molar-refractivity contribution >= 4 is 28.4 Å². The standard InChI is InChI=1S/C23H21F3N6O2/c1-13(2)31-11-17(16-10-27-6-5-18(16)31)22(34)15-4-7-28-20(9-15)29-21(33)12-32-14(3)8-19(30-32)23(24,25)26/h4-11,13H,12H2,1-3H3,(H,28,29,33). The van der Waals surface area contributed by atoms with Gasteiger partial charge in [-0.25, -0.2) is 4.98 Å². The summed E-state index contributed by atoms with van der Waals surface area (Å²) in [4.78, 5) is 33.8. The monoisotopic (exact) mass is 470 g/mol. The Labute approximate surface area is 192 Å². The van der Waals surface area contributed by atoms with Crippen molar-refractivity contribution in [3.63, 3.8) is 0 Å². The van der Waals surface area contributed by atoms with E-state index >= 15 is 0 Å². The van der Waals surface area contributed by atoms with Gasteiger partial charge in [0.15, 0.2) is 11.5 Å². The summed E-state index contributed by atoms with van der Waals surface area (Å²) in [6.45, 7) is 5.01. The van der Waals surface area contributed by atoms with Gasteiger partial charge < -0.3 is 9.88 Å². The van der Waals surface area contributed by atoms with E-state index < -0.39 is 24.3 Å². The number of halogens is 3. The van der Waals surface area contributed by atoms with E-state index in [0.29, 0.717) is 16.5 Å². The van der Waals surface area contributed by atoms with Crippen LogP contribution in [-0.2, 0) is 17.5 Å². The van der Waals surface area contributed by atoms with Gasteiger partial charge in [0.2, 0.25) is 5.91 Å². The Morgan fingerprint density at radius 2 is 1.91 bits per heavy atom. The summed E-state index contributed by atoms with van der Waals surface area (Å²) < 4.78 is 41.5. The average molecular weight is 470 g/mol. The van der Waals surface area contributed by atoms with E-state index in [0.717, 1.165) is 16.3 Å². The summed E-state index contributed by atoms with van der Waals surface area (Å²) in [7, 11) is 0. The molecule has 1 N–H and O–H groups in total. The first-order chi connectivity index (χ1) is 16.0. The topological polar surface area (TPSA) is 94.7 Å². The number of nitrogens with one attached hydrogen (secondary N) is 1. The number of aromatic nitrogens is 5. The van der Waals surface area contributed by atoms with Crippen LogP contribution in [-0.4, -0.2) is 36.0 Å². The Kier molecular flexibility index (Phi) is 5.94. The summed E-state index contributed by atoms with van der Waals surface area (Å²) in [5, 5.41) is 6.66. The SMILES string of the molecule is Cc1cc(C(F)(F)F)nn1CC(=O)Nc1cc(C(=O)c2cn(C(C)C)c3ccncc23)ccn1. The fourth-order valence-corrected chi connectivity index (χ4v) is 3.63. The largest absolute Gasteiger partial charge is 0.435 e. The number of ketones is 1. The average Bonchev–Trinajstić information content (AvgIpc) is 3.34. The van der Waals surface area contributed by atoms with Crippen molar-refractivity contribution in [2.24, 2.45) is 0 Å². The molecule has 8 nitrogen and oxygen atoms in total. The summed E-state index contributed by atoms with van der Waals surface area (Å²) in [6.07, 6.45) is 1.85. The minimum atomic E-state index is -4.60. The first-order valence-electron chi connectivity index (χ1n) is 10.4. The number of carbonyl (C=O) groups is 2. The van der Waals surface area contributed by atoms with Gasteiger partial charge in [-0.1, -0.05) is 0 Å². The van der Waals surface area contributed by atoms with Gasteiger partial charge in [0.25, 0.3) is 0 Å². The summed E-state index contributed by atoms with van der Waals surface area (Å²) in [5.41, 5.74) is 0.760. The van der Waals surface area contributed by atoms with Crippen molar-refractivity contribution in [2.45, 2.75) is 39.5 Å². The molecule has 0 aliphatic heterocycles. The molecule has 176 valence electrons. The van der Waals surface area contributed by atoms with Gasteiger partial charge in [-0.2, -0.15) is 18.3 Å². The van der Waals surface area contributed by atoms with Gasteiger partial charge in [-0.15, -0.1) is 0 Å². The number of fused-ring (bicyclic) bond motifs is 1. The van der Waals surface area contributed by atoms with E-state index in [1.54, 1.807) is 18.6 Å². The minimum absolute atomic E-state index is 0.0995. The van der Waals surface area contributed by atoms with Crippen molar-refractivity contribution in [1.82, 2.24) is 24.3 Å². The normalized spacial score (nSPS) is 11.9. The molecule has 0 atom stereocenters. The number of anilines is 1. The number of hydrogen-bond acceptors (Lipinski definition) is 5. The first kappa shape index (κ1) is 23.1. The van der Waals surface area contributed by atoms with Crippen molar-refractivity contribution in [3.8, 4) is 0 Å². The molecule has 0 aromatic carbocycles. The minimum Gasteiger partial charge on any atom is -0.344 e. The Bertz CT molecular complexity index is 1390. The molecule has 0 aliphatic carbocycles. The number of carbonyl (C=O) groups excluding carboxylic acids is 2. The van der Waals surface area contributed by atoms with Gasteiger partial charge in [-0.05, 0) is 45.0 Å². The second kappa shape index (κ2) is 8.73. The molecule has 0 bridgehead atoms. The molecule has 0 aliphatic rings. The van der Waals surface area contributed by atoms with Gasteiger partial charge in [0, 0.05) is 53.0 Å². The number of amides is 1. The number of alkyl halides is 3. The fraction of sp³-hybridized carbons (Fsp3) is 0.261. The molecule has 4 aromatic heterocycles. The Morgan fingerprint density at radius 3 is 2.59 bits per heavy atom. The molecule has 4 heterocycles. The van der Waals surface area contributed by atoms with Crippen LogP contribution in [0.4, 0.5) is 19.0 Å². The molecule has 0 unspecified atom stereocenters. The van der Waals surface area contributed by atoms with Crippen LogP contribution in [0.25, 0.3) is 10.9 Å². The Balaban J connectivity index is 1.55. The zero-order valence-corrected chi connectivity index (χ0v) is 18.6. The molecule has 4 aromatic rings. The highest BCUT2D eigenvalue weighted by molar-refractivity contribution is 6.16. The molecule has 0 saturated carbocycles. The van der Waals surface area contributed by atoms with E-state index in [1.807, 2.05) is 24.5 Å². The predicted molar refractivity (Wildman–Crippen MR) is 118 cm³/mol. The third-order valence-corrected chi connectivity index (χ3v) is 5.29. The maximum Gasteiger partial charge on any atom is 0.435 e. The molecule has 34 heavy (non-hydrogen) atoms. The molecule has 11 heteroatoms. The molecule has 0 radical (unpaired) electrons. The molecule has 1 amide bonds. The van der Waals surface area contributed by atoms with E-state index in [4.69, 9.17) is 0 Å². The number of nitrogens with zero attached hydrogens (tertiary/aromatic N) is 5. The first-order valence-corrected chi connectivity index (χ1v) is 10.4. The van der Waals surface area contributed by atoms with Crippen LogP contribution in [0.3, 0.4) is 0 Å². The van der Waals surface area contributed by atoms with Gasteiger partial charge in [0.05, 0.1) is 5.52 Å². The third kappa shape index (κ3) is 4.54. The number of hydrogen-bond donors (Lipinski definition) is 1. The molecule has 0 fully saturated rings. The second-order valence-corrected chi connectivity index (χ2v) is 8.07. The van der Waals surface area contributed by atoms with Crippen LogP contribution in [0.15, 0.2) is 49.1 Å². The van der Waals surface area contributed by atoms with Crippen molar-refractivity contribution in [2.75, 3.05) is 5.32 Å². The van der Waals surface area contributed by atoms with E-state index in [2.05, 4.69) is 20.4 Å². The van der Waals surface area contributed by atoms with Gasteiger partial charge >= 0.3 is 6.18 Å². The summed E-state index contributed by atoms with van der Waals surface area (Å²) in [6, 6.07) is 5.79. The van der Waals surface area contributed by atoms with E-state index in [-0.39, 0.29) is 23.3 Å². The highest BCUT2D eigenvalue weighted by atomic mass is 19.4. The van der Waals surface area contributed by atoms with Crippen molar-refractivity contribution < 1.29 is 22.8 Å². The maximum absolute atomic E-state index is 13.3. The fourth-order valence-electron chi connectivity index (χ4n) is 3.63. The summed E-state index contributed by atoms with van der Waals surface area (Å²) in [5.74, 6) is -0.798. The molecule has 0 spiro atoms. The van der Waals surface area contributed by atoms with Crippen molar-refractivity contribution in [3.05, 3.63) is 71.6 Å². The van der Waals surface area contributed by atoms with Gasteiger partial charge in [0.1, 0.15) is 12.4 Å². The van der Waals surface area contributed by atoms with Crippen LogP contribution in [0.1, 0.15) is 47.2 Å². The van der Waals surface area contributed by atoms with Crippen LogP contribution in [0, 0.1) is 6.92 Å². The van der Waals surface area contributed by atoms with E-state index in [9.17, 15) is 22.8 Å². The highest BCUT2D eigenvalue weighted by Crippen LogP contribution is 2.29. The van der Waals surface area contributed by atoms with Crippen LogP contribution < -0.4 is 5.32 Å². The molecular formula is C23H21F3N6O2. The molecular weight excluding hydrogens is 449 g/mol. The number of aryl methyl sites for hydroxylation is 1. The van der Waals surface area contributed by atoms with Crippen LogP contribution in [0.2, 0.25) is 0 Å². The van der Waals surface area contributed by atoms with Crippen LogP contribution in [0.5, 0.6) is 0 Å². The lowest BCUT2D eigenvalue weighted by Crippen LogP contribution is -2.21. The Hall–Kier alpha value is -4.02. The lowest BCUT2D eigenvalue weighted by Gasteiger charge is -2.08. The smallest absolute Gasteiger partial charge is 0.344 e. The Morgan fingerprint density at radius 1 is 1.15 bits per heavy atom. The maximum atomic E-state index is 13.3. The zero-order chi connectivity index (χ0) is 24.6. The van der Waals surface area contributed by atoms with Crippen molar-refractivity contribution in [1.29, 1.82) is 0 Å². The number of rotatable bonds is 6. The lowest BCUT2D eigenvalue weighted by molar-refractivity contribution is -0.141. The lowest BCUT2D eigenvalue weighted by atomic mass is 10.0. The zero-order valence-electron chi connectivity index (χ0n) is 18.6. The summed E-state index contributed by atoms with van der Waals surface area (Å²) >= 11 is 0. The highest BCUT2D eigenvalue weighted by Gasteiger charge is 2.34. The molecule has 0 saturated heterocycles. The number of pyridine rings is 2.